The van der Waals surface area contributed by atoms with Crippen LogP contribution in [-0.4, -0.2) is 32.1 Å². The van der Waals surface area contributed by atoms with Gasteiger partial charge in [-0.15, -0.1) is 0 Å². The normalized spacial score (nSPS) is 10.7. The van der Waals surface area contributed by atoms with E-state index in [0.717, 1.165) is 5.56 Å². The second-order valence-corrected chi connectivity index (χ2v) is 4.55. The van der Waals surface area contributed by atoms with Crippen LogP contribution in [0.4, 0.5) is 10.5 Å². The highest BCUT2D eigenvalue weighted by molar-refractivity contribution is 6.31. The first kappa shape index (κ1) is 16.8. The van der Waals surface area contributed by atoms with Crippen LogP contribution < -0.4 is 10.6 Å². The third kappa shape index (κ3) is 5.77. The van der Waals surface area contributed by atoms with Gasteiger partial charge in [0.15, 0.2) is 6.29 Å². The van der Waals surface area contributed by atoms with Gasteiger partial charge in [-0.25, -0.2) is 4.79 Å². The maximum Gasteiger partial charge on any atom is 0.319 e. The van der Waals surface area contributed by atoms with E-state index in [0.29, 0.717) is 23.9 Å². The predicted octanol–water partition coefficient (Wildman–Crippen LogP) is 3.17. The molecule has 2 N–H and O–H groups in total. The van der Waals surface area contributed by atoms with Crippen LogP contribution in [0.1, 0.15) is 19.4 Å². The highest BCUT2D eigenvalue weighted by Crippen LogP contribution is 2.19. The molecular weight excluding hydrogens is 280 g/mol. The number of nitrogens with one attached hydrogen (secondary N) is 2. The van der Waals surface area contributed by atoms with Gasteiger partial charge in [-0.3, -0.25) is 0 Å². The van der Waals surface area contributed by atoms with Gasteiger partial charge in [0.1, 0.15) is 0 Å². The number of ether oxygens (including phenoxy) is 2. The zero-order valence-corrected chi connectivity index (χ0v) is 12.8. The van der Waals surface area contributed by atoms with Crippen LogP contribution in [0, 0.1) is 6.92 Å². The summed E-state index contributed by atoms with van der Waals surface area (Å²) in [6, 6.07) is 5.03. The molecule has 0 atom stereocenters. The Morgan fingerprint density at radius 1 is 1.30 bits per heavy atom. The minimum Gasteiger partial charge on any atom is -0.351 e. The average molecular weight is 301 g/mol. The van der Waals surface area contributed by atoms with Crippen molar-refractivity contribution < 1.29 is 14.3 Å². The van der Waals surface area contributed by atoms with Crippen LogP contribution in [0.3, 0.4) is 0 Å². The molecule has 20 heavy (non-hydrogen) atoms. The van der Waals surface area contributed by atoms with Crippen LogP contribution in [0.15, 0.2) is 18.2 Å². The molecule has 0 aliphatic carbocycles. The predicted molar refractivity (Wildman–Crippen MR) is 80.3 cm³/mol. The Kier molecular flexibility index (Phi) is 7.36. The summed E-state index contributed by atoms with van der Waals surface area (Å²) in [4.78, 5) is 11.7. The molecule has 5 nitrogen and oxygen atoms in total. The Morgan fingerprint density at radius 3 is 2.50 bits per heavy atom. The summed E-state index contributed by atoms with van der Waals surface area (Å²) in [5, 5.41) is 6.01. The third-order valence-electron chi connectivity index (χ3n) is 2.56. The van der Waals surface area contributed by atoms with Crippen molar-refractivity contribution >= 4 is 23.3 Å². The second kappa shape index (κ2) is 8.79. The molecule has 0 aliphatic rings. The molecule has 0 saturated heterocycles. The summed E-state index contributed by atoms with van der Waals surface area (Å²) >= 11 is 6.00. The number of halogens is 1. The second-order valence-electron chi connectivity index (χ2n) is 4.14. The van der Waals surface area contributed by atoms with E-state index >= 15 is 0 Å². The van der Waals surface area contributed by atoms with Crippen molar-refractivity contribution in [2.75, 3.05) is 25.1 Å². The van der Waals surface area contributed by atoms with E-state index in [9.17, 15) is 4.79 Å². The molecule has 0 bridgehead atoms. The maximum absolute atomic E-state index is 11.7. The Hall–Kier alpha value is -1.30. The van der Waals surface area contributed by atoms with Crippen molar-refractivity contribution in [3.05, 3.63) is 28.8 Å². The molecule has 0 heterocycles. The maximum atomic E-state index is 11.7. The Bertz CT molecular complexity index is 434. The summed E-state index contributed by atoms with van der Waals surface area (Å²) in [5.74, 6) is 0. The number of aryl methyl sites for hydroxylation is 1. The third-order valence-corrected chi connectivity index (χ3v) is 2.97. The van der Waals surface area contributed by atoms with E-state index in [1.54, 1.807) is 12.1 Å². The molecule has 0 unspecified atom stereocenters. The summed E-state index contributed by atoms with van der Waals surface area (Å²) in [7, 11) is 0. The quantitative estimate of drug-likeness (QED) is 0.760. The van der Waals surface area contributed by atoms with E-state index in [1.807, 2.05) is 26.8 Å². The molecule has 2 amide bonds. The molecular formula is C14H21ClN2O3. The van der Waals surface area contributed by atoms with E-state index < -0.39 is 6.29 Å². The van der Waals surface area contributed by atoms with Gasteiger partial charge in [0.05, 0.1) is 6.54 Å². The van der Waals surface area contributed by atoms with Gasteiger partial charge in [0.2, 0.25) is 0 Å². The van der Waals surface area contributed by atoms with Crippen molar-refractivity contribution in [3.8, 4) is 0 Å². The van der Waals surface area contributed by atoms with Crippen molar-refractivity contribution in [2.45, 2.75) is 27.1 Å². The molecule has 0 aliphatic heterocycles. The van der Waals surface area contributed by atoms with E-state index in [2.05, 4.69) is 10.6 Å². The molecule has 0 radical (unpaired) electrons. The van der Waals surface area contributed by atoms with Gasteiger partial charge < -0.3 is 20.1 Å². The standard InChI is InChI=1S/C14H21ClN2O3/c1-4-19-13(20-5-2)9-16-14(18)17-11-7-6-10(3)12(15)8-11/h6-8,13H,4-5,9H2,1-3H3,(H2,16,17,18). The number of carbonyl (C=O) groups is 1. The number of urea groups is 1. The SMILES string of the molecule is CCOC(CNC(=O)Nc1ccc(C)c(Cl)c1)OCC. The lowest BCUT2D eigenvalue weighted by Gasteiger charge is -2.17. The summed E-state index contributed by atoms with van der Waals surface area (Å²) < 4.78 is 10.7. The fourth-order valence-electron chi connectivity index (χ4n) is 1.56. The van der Waals surface area contributed by atoms with Crippen molar-refractivity contribution in [1.82, 2.24) is 5.32 Å². The van der Waals surface area contributed by atoms with E-state index in [-0.39, 0.29) is 12.6 Å². The number of benzene rings is 1. The van der Waals surface area contributed by atoms with Gasteiger partial charge >= 0.3 is 6.03 Å². The van der Waals surface area contributed by atoms with Gasteiger partial charge in [0.25, 0.3) is 0 Å². The van der Waals surface area contributed by atoms with Crippen LogP contribution in [0.25, 0.3) is 0 Å². The van der Waals surface area contributed by atoms with E-state index in [4.69, 9.17) is 21.1 Å². The first-order chi connectivity index (χ1) is 9.56. The van der Waals surface area contributed by atoms with Crippen molar-refractivity contribution in [2.24, 2.45) is 0 Å². The van der Waals surface area contributed by atoms with Crippen LogP contribution in [0.5, 0.6) is 0 Å². The number of rotatable bonds is 7. The summed E-state index contributed by atoms with van der Waals surface area (Å²) in [5.41, 5.74) is 1.60. The molecule has 112 valence electrons. The highest BCUT2D eigenvalue weighted by Gasteiger charge is 2.10. The molecule has 1 aromatic carbocycles. The molecule has 0 spiro atoms. The fraction of sp³-hybridized carbons (Fsp3) is 0.500. The van der Waals surface area contributed by atoms with Gasteiger partial charge in [0, 0.05) is 23.9 Å². The minimum atomic E-state index is -0.433. The number of hydrogen-bond donors (Lipinski definition) is 2. The van der Waals surface area contributed by atoms with Gasteiger partial charge in [-0.2, -0.15) is 0 Å². The topological polar surface area (TPSA) is 59.6 Å². The Balaban J connectivity index is 2.44. The first-order valence-electron chi connectivity index (χ1n) is 6.61. The smallest absolute Gasteiger partial charge is 0.319 e. The molecule has 1 aromatic rings. The molecule has 0 aromatic heterocycles. The molecule has 1 rings (SSSR count). The number of carbonyl (C=O) groups excluding carboxylic acids is 1. The lowest BCUT2D eigenvalue weighted by Crippen LogP contribution is -2.37. The Labute approximate surface area is 124 Å². The zero-order valence-electron chi connectivity index (χ0n) is 12.0. The van der Waals surface area contributed by atoms with Crippen LogP contribution in [0.2, 0.25) is 5.02 Å². The van der Waals surface area contributed by atoms with Gasteiger partial charge in [-0.1, -0.05) is 17.7 Å². The average Bonchev–Trinajstić information content (AvgIpc) is 2.41. The summed E-state index contributed by atoms with van der Waals surface area (Å²) in [6.45, 7) is 7.00. The Morgan fingerprint density at radius 2 is 1.95 bits per heavy atom. The monoisotopic (exact) mass is 300 g/mol. The minimum absolute atomic E-state index is 0.285. The number of hydrogen-bond acceptors (Lipinski definition) is 3. The van der Waals surface area contributed by atoms with Crippen LogP contribution >= 0.6 is 11.6 Å². The number of amides is 2. The van der Waals surface area contributed by atoms with Gasteiger partial charge in [-0.05, 0) is 38.5 Å². The summed E-state index contributed by atoms with van der Waals surface area (Å²) in [6.07, 6.45) is -0.433. The lowest BCUT2D eigenvalue weighted by atomic mass is 10.2. The van der Waals surface area contributed by atoms with Crippen molar-refractivity contribution in [3.63, 3.8) is 0 Å². The molecule has 0 fully saturated rings. The number of anilines is 1. The lowest BCUT2D eigenvalue weighted by molar-refractivity contribution is -0.131. The zero-order chi connectivity index (χ0) is 15.0. The highest BCUT2D eigenvalue weighted by atomic mass is 35.5. The fourth-order valence-corrected chi connectivity index (χ4v) is 1.74. The van der Waals surface area contributed by atoms with Crippen LogP contribution in [-0.2, 0) is 9.47 Å². The first-order valence-corrected chi connectivity index (χ1v) is 6.98. The van der Waals surface area contributed by atoms with Crippen molar-refractivity contribution in [1.29, 1.82) is 0 Å². The molecule has 6 heteroatoms. The molecule has 0 saturated carbocycles. The largest absolute Gasteiger partial charge is 0.351 e. The van der Waals surface area contributed by atoms with E-state index in [1.165, 1.54) is 0 Å².